The molecule has 0 unspecified atom stereocenters. The van der Waals surface area contributed by atoms with Crippen molar-refractivity contribution in [2.75, 3.05) is 59.0 Å². The molecule has 0 bridgehead atoms. The third kappa shape index (κ3) is 15.4. The van der Waals surface area contributed by atoms with Crippen LogP contribution in [0.2, 0.25) is 0 Å². The van der Waals surface area contributed by atoms with Gasteiger partial charge in [-0.15, -0.1) is 0 Å². The van der Waals surface area contributed by atoms with Gasteiger partial charge in [0.1, 0.15) is 6.61 Å². The highest BCUT2D eigenvalue weighted by Gasteiger charge is 2.01. The minimum absolute atomic E-state index is 0.183. The zero-order chi connectivity index (χ0) is 16.8. The molecule has 0 rings (SSSR count). The molecule has 0 spiro atoms. The lowest BCUT2D eigenvalue weighted by molar-refractivity contribution is -0.140. The second-order valence-corrected chi connectivity index (χ2v) is 6.25. The normalized spacial score (nSPS) is 11.4. The number of hydrogen-bond donors (Lipinski definition) is 1. The SMILES string of the molecule is C=C(C)C(=O)OCCOCCOCCOCCNS(C)(=O)=O. The second kappa shape index (κ2) is 12.5. The summed E-state index contributed by atoms with van der Waals surface area (Å²) in [7, 11) is -3.16. The molecule has 0 saturated heterocycles. The lowest BCUT2D eigenvalue weighted by Gasteiger charge is -2.07. The molecule has 0 amide bonds. The van der Waals surface area contributed by atoms with Gasteiger partial charge in [-0.2, -0.15) is 0 Å². The number of rotatable bonds is 14. The molecule has 1 N–H and O–H groups in total. The van der Waals surface area contributed by atoms with E-state index < -0.39 is 16.0 Å². The number of ether oxygens (including phenoxy) is 4. The van der Waals surface area contributed by atoms with Crippen LogP contribution in [-0.4, -0.2) is 73.4 Å². The van der Waals surface area contributed by atoms with Crippen molar-refractivity contribution < 1.29 is 32.2 Å². The molecule has 0 atom stereocenters. The predicted molar refractivity (Wildman–Crippen MR) is 81.1 cm³/mol. The Hall–Kier alpha value is -1.00. The van der Waals surface area contributed by atoms with E-state index in [0.29, 0.717) is 45.2 Å². The maximum Gasteiger partial charge on any atom is 0.333 e. The standard InChI is InChI=1S/C13H25NO7S/c1-12(2)13(15)21-11-10-20-9-8-19-7-6-18-5-4-14-22(3,16)17/h14H,1,4-11H2,2-3H3. The van der Waals surface area contributed by atoms with E-state index in [2.05, 4.69) is 11.3 Å². The van der Waals surface area contributed by atoms with Crippen LogP contribution in [0.4, 0.5) is 0 Å². The minimum Gasteiger partial charge on any atom is -0.460 e. The van der Waals surface area contributed by atoms with Gasteiger partial charge in [0, 0.05) is 12.1 Å². The van der Waals surface area contributed by atoms with E-state index in [9.17, 15) is 13.2 Å². The van der Waals surface area contributed by atoms with Crippen LogP contribution in [0.3, 0.4) is 0 Å². The van der Waals surface area contributed by atoms with E-state index in [1.165, 1.54) is 0 Å². The van der Waals surface area contributed by atoms with Crippen molar-refractivity contribution in [1.29, 1.82) is 0 Å². The van der Waals surface area contributed by atoms with Crippen LogP contribution >= 0.6 is 0 Å². The van der Waals surface area contributed by atoms with Gasteiger partial charge >= 0.3 is 5.97 Å². The molecule has 130 valence electrons. The van der Waals surface area contributed by atoms with Gasteiger partial charge in [0.25, 0.3) is 0 Å². The Labute approximate surface area is 131 Å². The summed E-state index contributed by atoms with van der Waals surface area (Å²) in [5, 5.41) is 0. The third-order valence-electron chi connectivity index (χ3n) is 2.16. The van der Waals surface area contributed by atoms with Crippen LogP contribution in [0, 0.1) is 0 Å². The number of carbonyl (C=O) groups is 1. The highest BCUT2D eigenvalue weighted by molar-refractivity contribution is 7.88. The minimum atomic E-state index is -3.16. The van der Waals surface area contributed by atoms with Gasteiger partial charge in [-0.1, -0.05) is 6.58 Å². The summed E-state index contributed by atoms with van der Waals surface area (Å²) < 4.78 is 44.2. The van der Waals surface area contributed by atoms with E-state index >= 15 is 0 Å². The highest BCUT2D eigenvalue weighted by Crippen LogP contribution is 1.91. The lowest BCUT2D eigenvalue weighted by Crippen LogP contribution is -2.26. The van der Waals surface area contributed by atoms with Crippen molar-refractivity contribution in [2.45, 2.75) is 6.92 Å². The summed E-state index contributed by atoms with van der Waals surface area (Å²) in [5.41, 5.74) is 0.357. The average molecular weight is 339 g/mol. The summed E-state index contributed by atoms with van der Waals surface area (Å²) in [6.45, 7) is 7.62. The molecule has 0 heterocycles. The van der Waals surface area contributed by atoms with Crippen molar-refractivity contribution >= 4 is 16.0 Å². The molecular formula is C13H25NO7S. The fourth-order valence-electron chi connectivity index (χ4n) is 1.16. The van der Waals surface area contributed by atoms with Gasteiger partial charge in [0.15, 0.2) is 0 Å². The maximum atomic E-state index is 11.0. The Morgan fingerprint density at radius 2 is 1.41 bits per heavy atom. The molecular weight excluding hydrogens is 314 g/mol. The number of sulfonamides is 1. The molecule has 0 aromatic rings. The van der Waals surface area contributed by atoms with Crippen LogP contribution in [0.1, 0.15) is 6.92 Å². The number of esters is 1. The van der Waals surface area contributed by atoms with Gasteiger partial charge in [-0.05, 0) is 6.92 Å². The molecule has 0 fully saturated rings. The number of nitrogens with one attached hydrogen (secondary N) is 1. The average Bonchev–Trinajstić information content (AvgIpc) is 2.42. The predicted octanol–water partition coefficient (Wildman–Crippen LogP) is -0.295. The van der Waals surface area contributed by atoms with Crippen LogP contribution in [0.15, 0.2) is 12.2 Å². The van der Waals surface area contributed by atoms with Crippen LogP contribution in [0.5, 0.6) is 0 Å². The molecule has 0 aromatic heterocycles. The van der Waals surface area contributed by atoms with Crippen molar-refractivity contribution in [3.05, 3.63) is 12.2 Å². The molecule has 0 aromatic carbocycles. The Bertz CT molecular complexity index is 422. The van der Waals surface area contributed by atoms with Crippen molar-refractivity contribution in [2.24, 2.45) is 0 Å². The number of carbonyl (C=O) groups excluding carboxylic acids is 1. The Morgan fingerprint density at radius 3 is 1.86 bits per heavy atom. The summed E-state index contributed by atoms with van der Waals surface area (Å²) >= 11 is 0. The molecule has 0 aliphatic heterocycles. The molecule has 9 heteroatoms. The molecule has 0 radical (unpaired) electrons. The van der Waals surface area contributed by atoms with E-state index in [1.54, 1.807) is 6.92 Å². The van der Waals surface area contributed by atoms with E-state index in [0.717, 1.165) is 6.26 Å². The molecule has 22 heavy (non-hydrogen) atoms. The van der Waals surface area contributed by atoms with E-state index in [-0.39, 0.29) is 13.2 Å². The highest BCUT2D eigenvalue weighted by atomic mass is 32.2. The lowest BCUT2D eigenvalue weighted by atomic mass is 10.4. The quantitative estimate of drug-likeness (QED) is 0.263. The Morgan fingerprint density at radius 1 is 0.955 bits per heavy atom. The summed E-state index contributed by atoms with van der Waals surface area (Å²) in [6, 6.07) is 0. The first-order valence-electron chi connectivity index (χ1n) is 6.83. The van der Waals surface area contributed by atoms with E-state index in [4.69, 9.17) is 18.9 Å². The zero-order valence-corrected chi connectivity index (χ0v) is 13.9. The van der Waals surface area contributed by atoms with E-state index in [1.807, 2.05) is 0 Å². The Kier molecular flexibility index (Phi) is 12.0. The molecule has 8 nitrogen and oxygen atoms in total. The molecule has 0 aliphatic carbocycles. The number of hydrogen-bond acceptors (Lipinski definition) is 7. The fourth-order valence-corrected chi connectivity index (χ4v) is 1.61. The first-order chi connectivity index (χ1) is 10.3. The van der Waals surface area contributed by atoms with Gasteiger partial charge in [-0.3, -0.25) is 0 Å². The van der Waals surface area contributed by atoms with Crippen LogP contribution < -0.4 is 4.72 Å². The monoisotopic (exact) mass is 339 g/mol. The van der Waals surface area contributed by atoms with Crippen molar-refractivity contribution in [3.8, 4) is 0 Å². The summed E-state index contributed by atoms with van der Waals surface area (Å²) in [6.07, 6.45) is 1.09. The largest absolute Gasteiger partial charge is 0.460 e. The summed E-state index contributed by atoms with van der Waals surface area (Å²) in [4.78, 5) is 11.0. The molecule has 0 aliphatic rings. The topological polar surface area (TPSA) is 100 Å². The van der Waals surface area contributed by atoms with Gasteiger partial charge < -0.3 is 18.9 Å². The Balaban J connectivity index is 3.18. The van der Waals surface area contributed by atoms with Gasteiger partial charge in [0.2, 0.25) is 10.0 Å². The van der Waals surface area contributed by atoms with Crippen molar-refractivity contribution in [1.82, 2.24) is 4.72 Å². The van der Waals surface area contributed by atoms with Crippen LogP contribution in [0.25, 0.3) is 0 Å². The first-order valence-corrected chi connectivity index (χ1v) is 8.72. The smallest absolute Gasteiger partial charge is 0.333 e. The maximum absolute atomic E-state index is 11.0. The second-order valence-electron chi connectivity index (χ2n) is 4.42. The molecule has 0 saturated carbocycles. The van der Waals surface area contributed by atoms with Crippen molar-refractivity contribution in [3.63, 3.8) is 0 Å². The van der Waals surface area contributed by atoms with Crippen LogP contribution in [-0.2, 0) is 33.8 Å². The third-order valence-corrected chi connectivity index (χ3v) is 2.89. The van der Waals surface area contributed by atoms with Gasteiger partial charge in [-0.25, -0.2) is 17.9 Å². The van der Waals surface area contributed by atoms with Gasteiger partial charge in [0.05, 0.1) is 45.9 Å². The fraction of sp³-hybridized carbons (Fsp3) is 0.769. The zero-order valence-electron chi connectivity index (χ0n) is 13.1. The first kappa shape index (κ1) is 21.0. The summed E-state index contributed by atoms with van der Waals surface area (Å²) in [5.74, 6) is -0.428.